The number of nitrogens with zero attached hydrogens (tertiary/aromatic N) is 1. The maximum absolute atomic E-state index is 12.6. The Bertz CT molecular complexity index is 1030. The molecule has 1 aromatic heterocycles. The van der Waals surface area contributed by atoms with Crippen molar-refractivity contribution in [2.24, 2.45) is 0 Å². The molecule has 0 radical (unpaired) electrons. The lowest BCUT2D eigenvalue weighted by atomic mass is 10.1. The molecule has 1 N–H and O–H groups in total. The molecule has 136 valence electrons. The molecule has 2 aromatic carbocycles. The molecule has 0 fully saturated rings. The molecule has 0 atom stereocenters. The molecule has 2 heterocycles. The van der Waals surface area contributed by atoms with Crippen molar-refractivity contribution in [3.05, 3.63) is 70.1 Å². The second-order valence-corrected chi connectivity index (χ2v) is 7.91. The molecule has 0 saturated heterocycles. The summed E-state index contributed by atoms with van der Waals surface area (Å²) in [6, 6.07) is 17.0. The third-order valence-corrected chi connectivity index (χ3v) is 5.96. The van der Waals surface area contributed by atoms with Gasteiger partial charge in [-0.1, -0.05) is 23.7 Å². The van der Waals surface area contributed by atoms with Crippen molar-refractivity contribution in [2.45, 2.75) is 13.3 Å². The second-order valence-electron chi connectivity index (χ2n) is 6.39. The van der Waals surface area contributed by atoms with E-state index in [2.05, 4.69) is 5.32 Å². The summed E-state index contributed by atoms with van der Waals surface area (Å²) >= 11 is 7.37. The van der Waals surface area contributed by atoms with Crippen LogP contribution >= 0.6 is 22.9 Å². The van der Waals surface area contributed by atoms with Gasteiger partial charge in [0.2, 0.25) is 5.91 Å². The molecule has 1 aliphatic heterocycles. The molecular formula is C21H17ClN2O2S. The number of amides is 2. The van der Waals surface area contributed by atoms with Crippen molar-refractivity contribution in [2.75, 3.05) is 16.8 Å². The van der Waals surface area contributed by atoms with E-state index in [1.54, 1.807) is 11.8 Å². The Hall–Kier alpha value is -2.63. The number of carbonyl (C=O) groups is 2. The van der Waals surface area contributed by atoms with Crippen LogP contribution in [0.2, 0.25) is 5.02 Å². The Morgan fingerprint density at radius 2 is 1.85 bits per heavy atom. The van der Waals surface area contributed by atoms with Gasteiger partial charge < -0.3 is 10.2 Å². The topological polar surface area (TPSA) is 49.4 Å². The van der Waals surface area contributed by atoms with Gasteiger partial charge in [-0.2, -0.15) is 0 Å². The predicted molar refractivity (Wildman–Crippen MR) is 111 cm³/mol. The van der Waals surface area contributed by atoms with Crippen LogP contribution in [0.5, 0.6) is 0 Å². The van der Waals surface area contributed by atoms with E-state index in [1.165, 1.54) is 11.3 Å². The first kappa shape index (κ1) is 17.8. The molecule has 0 aliphatic carbocycles. The highest BCUT2D eigenvalue weighted by Gasteiger charge is 2.22. The summed E-state index contributed by atoms with van der Waals surface area (Å²) in [5, 5.41) is 3.64. The fourth-order valence-corrected chi connectivity index (χ4v) is 4.26. The predicted octanol–water partition coefficient (Wildman–Crippen LogP) is 5.23. The van der Waals surface area contributed by atoms with Crippen molar-refractivity contribution in [3.8, 4) is 10.4 Å². The van der Waals surface area contributed by atoms with Gasteiger partial charge in [0.05, 0.1) is 4.88 Å². The van der Waals surface area contributed by atoms with Gasteiger partial charge in [0.15, 0.2) is 0 Å². The number of thiophene rings is 1. The number of benzene rings is 2. The molecule has 4 nitrogen and oxygen atoms in total. The number of carbonyl (C=O) groups excluding carboxylic acids is 2. The van der Waals surface area contributed by atoms with Crippen LogP contribution in [-0.2, 0) is 11.2 Å². The Balaban J connectivity index is 1.50. The molecule has 3 aromatic rings. The van der Waals surface area contributed by atoms with Crippen LogP contribution in [0.1, 0.15) is 22.2 Å². The van der Waals surface area contributed by atoms with Gasteiger partial charge in [-0.15, -0.1) is 11.3 Å². The van der Waals surface area contributed by atoms with Gasteiger partial charge in [-0.05, 0) is 60.0 Å². The van der Waals surface area contributed by atoms with E-state index in [1.807, 2.05) is 54.6 Å². The number of nitrogens with one attached hydrogen (secondary N) is 1. The van der Waals surface area contributed by atoms with Gasteiger partial charge in [-0.25, -0.2) is 0 Å². The molecule has 4 rings (SSSR count). The maximum Gasteiger partial charge on any atom is 0.265 e. The highest BCUT2D eigenvalue weighted by atomic mass is 35.5. The van der Waals surface area contributed by atoms with Crippen molar-refractivity contribution >= 4 is 46.1 Å². The summed E-state index contributed by atoms with van der Waals surface area (Å²) in [6.45, 7) is 2.26. The zero-order valence-electron chi connectivity index (χ0n) is 14.7. The summed E-state index contributed by atoms with van der Waals surface area (Å²) < 4.78 is 0. The fraction of sp³-hybridized carbons (Fsp3) is 0.143. The number of rotatable bonds is 3. The molecule has 0 bridgehead atoms. The molecule has 6 heteroatoms. The van der Waals surface area contributed by atoms with Crippen LogP contribution in [0.3, 0.4) is 0 Å². The first-order chi connectivity index (χ1) is 13.0. The minimum absolute atomic E-state index is 0.0406. The Morgan fingerprint density at radius 1 is 1.07 bits per heavy atom. The summed E-state index contributed by atoms with van der Waals surface area (Å²) in [7, 11) is 0. The average molecular weight is 397 g/mol. The molecule has 0 saturated carbocycles. The molecule has 0 unspecified atom stereocenters. The first-order valence-corrected chi connectivity index (χ1v) is 9.79. The Morgan fingerprint density at radius 3 is 2.59 bits per heavy atom. The lowest BCUT2D eigenvalue weighted by Crippen LogP contribution is -2.25. The van der Waals surface area contributed by atoms with Crippen molar-refractivity contribution in [3.63, 3.8) is 0 Å². The third kappa shape index (κ3) is 3.61. The third-order valence-electron chi connectivity index (χ3n) is 4.57. The van der Waals surface area contributed by atoms with E-state index in [0.29, 0.717) is 16.4 Å². The van der Waals surface area contributed by atoms with Gasteiger partial charge in [-0.3, -0.25) is 9.59 Å². The van der Waals surface area contributed by atoms with Gasteiger partial charge in [0.25, 0.3) is 5.91 Å². The maximum atomic E-state index is 12.6. The average Bonchev–Trinajstić information content (AvgIpc) is 3.29. The number of hydrogen-bond donors (Lipinski definition) is 1. The van der Waals surface area contributed by atoms with Gasteiger partial charge >= 0.3 is 0 Å². The zero-order valence-corrected chi connectivity index (χ0v) is 16.2. The van der Waals surface area contributed by atoms with Crippen LogP contribution in [-0.4, -0.2) is 18.4 Å². The minimum atomic E-state index is -0.137. The highest BCUT2D eigenvalue weighted by molar-refractivity contribution is 7.17. The van der Waals surface area contributed by atoms with Crippen LogP contribution in [0, 0.1) is 0 Å². The summed E-state index contributed by atoms with van der Waals surface area (Å²) in [4.78, 5) is 27.7. The van der Waals surface area contributed by atoms with Gasteiger partial charge in [0, 0.05) is 34.7 Å². The summed E-state index contributed by atoms with van der Waals surface area (Å²) in [5.74, 6) is -0.0968. The van der Waals surface area contributed by atoms with E-state index >= 15 is 0 Å². The SMILES string of the molecule is CC(=O)N1CCc2cc(NC(=O)c3ccc(-c4ccc(Cl)cc4)s3)ccc21. The molecule has 1 aliphatic rings. The summed E-state index contributed by atoms with van der Waals surface area (Å²) in [6.07, 6.45) is 0.804. The number of anilines is 2. The molecule has 2 amide bonds. The van der Waals surface area contributed by atoms with Crippen LogP contribution < -0.4 is 10.2 Å². The van der Waals surface area contributed by atoms with E-state index in [0.717, 1.165) is 33.8 Å². The monoisotopic (exact) mass is 396 g/mol. The Kier molecular flexibility index (Phi) is 4.72. The lowest BCUT2D eigenvalue weighted by molar-refractivity contribution is -0.116. The standard InChI is InChI=1S/C21H17ClN2O2S/c1-13(25)24-11-10-15-12-17(6-7-18(15)24)23-21(26)20-9-8-19(27-20)14-2-4-16(22)5-3-14/h2-9,12H,10-11H2,1H3,(H,23,26). The lowest BCUT2D eigenvalue weighted by Gasteiger charge is -2.15. The van der Waals surface area contributed by atoms with Crippen molar-refractivity contribution in [1.82, 2.24) is 0 Å². The number of hydrogen-bond acceptors (Lipinski definition) is 3. The van der Waals surface area contributed by atoms with Crippen molar-refractivity contribution in [1.29, 1.82) is 0 Å². The van der Waals surface area contributed by atoms with Gasteiger partial charge in [0.1, 0.15) is 0 Å². The van der Waals surface area contributed by atoms with E-state index in [9.17, 15) is 9.59 Å². The zero-order chi connectivity index (χ0) is 19.0. The van der Waals surface area contributed by atoms with Crippen LogP contribution in [0.25, 0.3) is 10.4 Å². The summed E-state index contributed by atoms with van der Waals surface area (Å²) in [5.41, 5.74) is 3.79. The largest absolute Gasteiger partial charge is 0.321 e. The van der Waals surface area contributed by atoms with E-state index in [-0.39, 0.29) is 11.8 Å². The normalized spacial score (nSPS) is 12.7. The first-order valence-electron chi connectivity index (χ1n) is 8.59. The Labute approximate surface area is 166 Å². The molecular weight excluding hydrogens is 380 g/mol. The number of fused-ring (bicyclic) bond motifs is 1. The quantitative estimate of drug-likeness (QED) is 0.659. The molecule has 0 spiro atoms. The van der Waals surface area contributed by atoms with Crippen LogP contribution in [0.15, 0.2) is 54.6 Å². The smallest absolute Gasteiger partial charge is 0.265 e. The molecule has 27 heavy (non-hydrogen) atoms. The van der Waals surface area contributed by atoms with E-state index < -0.39 is 0 Å². The number of halogens is 1. The second kappa shape index (κ2) is 7.18. The minimum Gasteiger partial charge on any atom is -0.321 e. The van der Waals surface area contributed by atoms with E-state index in [4.69, 9.17) is 11.6 Å². The van der Waals surface area contributed by atoms with Crippen LogP contribution in [0.4, 0.5) is 11.4 Å². The van der Waals surface area contributed by atoms with Crippen molar-refractivity contribution < 1.29 is 9.59 Å². The fourth-order valence-electron chi connectivity index (χ4n) is 3.23. The highest BCUT2D eigenvalue weighted by Crippen LogP contribution is 2.32.